The second-order valence-electron chi connectivity index (χ2n) is 9.58. The molecule has 0 spiro atoms. The highest BCUT2D eigenvalue weighted by Gasteiger charge is 2.42. The number of carbonyl (C=O) groups is 1. The van der Waals surface area contributed by atoms with Crippen LogP contribution in [-0.2, 0) is 14.3 Å². The summed E-state index contributed by atoms with van der Waals surface area (Å²) in [6, 6.07) is 14.2. The van der Waals surface area contributed by atoms with Crippen molar-refractivity contribution >= 4 is 28.4 Å². The molecule has 6 N–H and O–H groups in total. The van der Waals surface area contributed by atoms with Crippen LogP contribution in [0.3, 0.4) is 0 Å². The van der Waals surface area contributed by atoms with E-state index in [9.17, 15) is 20.3 Å². The number of anilines is 1. The Morgan fingerprint density at radius 3 is 2.63 bits per heavy atom. The normalized spacial score (nSPS) is 24.3. The van der Waals surface area contributed by atoms with Crippen molar-refractivity contribution in [3.63, 3.8) is 0 Å². The maximum absolute atomic E-state index is 12.6. The number of hydrogen-bond donors (Lipinski definition) is 5. The minimum Gasteiger partial charge on any atom is -0.399 e. The Morgan fingerprint density at radius 1 is 1.18 bits per heavy atom. The molecule has 38 heavy (non-hydrogen) atoms. The van der Waals surface area contributed by atoms with Crippen LogP contribution in [0.4, 0.5) is 5.69 Å². The van der Waals surface area contributed by atoms with Gasteiger partial charge in [0.05, 0.1) is 6.54 Å². The zero-order valence-corrected chi connectivity index (χ0v) is 21.5. The number of hydrogen-bond acceptors (Lipinski definition) is 9. The molecule has 2 aromatic carbocycles. The van der Waals surface area contributed by atoms with E-state index in [1.54, 1.807) is 6.08 Å². The van der Waals surface area contributed by atoms with Crippen LogP contribution in [0.2, 0.25) is 0 Å². The lowest BCUT2D eigenvalue weighted by Crippen LogP contribution is -2.37. The molecule has 0 aromatic heterocycles. The standard InChI is InChI=1S/C28H35N5O5/c1-37-28-26(35)25(34)24(38-28)17-31-15-22(30)16-32-27(36)21(14-29)12-18-5-6-20-13-23(8-7-19(20)11-18)33-9-3-2-4-10-33/h5-8,11-13,15,24-26,28,31,34-35H,2-4,9-10,16-17,30H2,1H3,(H,32,36)/b21-12+,22-15-. The molecule has 0 aliphatic carbocycles. The summed E-state index contributed by atoms with van der Waals surface area (Å²) in [6.07, 6.45) is 2.95. The average Bonchev–Trinajstić information content (AvgIpc) is 3.22. The number of nitriles is 1. The number of piperidine rings is 1. The second-order valence-corrected chi connectivity index (χ2v) is 9.58. The minimum atomic E-state index is -1.14. The summed E-state index contributed by atoms with van der Waals surface area (Å²) in [5, 5.41) is 37.1. The Balaban J connectivity index is 1.32. The maximum Gasteiger partial charge on any atom is 0.262 e. The number of benzene rings is 2. The number of nitrogens with one attached hydrogen (secondary N) is 2. The molecule has 0 bridgehead atoms. The van der Waals surface area contributed by atoms with Crippen LogP contribution in [0.25, 0.3) is 16.8 Å². The summed E-state index contributed by atoms with van der Waals surface area (Å²) < 4.78 is 10.4. The van der Waals surface area contributed by atoms with E-state index < -0.39 is 30.5 Å². The van der Waals surface area contributed by atoms with Crippen molar-refractivity contribution in [3.05, 3.63) is 59.4 Å². The summed E-state index contributed by atoms with van der Waals surface area (Å²) in [4.78, 5) is 15.0. The zero-order chi connectivity index (χ0) is 27.1. The number of amides is 1. The number of ether oxygens (including phenoxy) is 2. The Bertz CT molecular complexity index is 1230. The van der Waals surface area contributed by atoms with Gasteiger partial charge in [0.25, 0.3) is 5.91 Å². The van der Waals surface area contributed by atoms with Gasteiger partial charge in [-0.2, -0.15) is 5.26 Å². The number of nitrogens with two attached hydrogens (primary N) is 1. The summed E-state index contributed by atoms with van der Waals surface area (Å²) in [6.45, 7) is 2.36. The number of carbonyl (C=O) groups excluding carboxylic acids is 1. The first-order valence-electron chi connectivity index (χ1n) is 12.8. The number of aliphatic hydroxyl groups is 2. The van der Waals surface area contributed by atoms with E-state index in [0.717, 1.165) is 29.4 Å². The van der Waals surface area contributed by atoms with Crippen molar-refractivity contribution in [1.29, 1.82) is 5.26 Å². The first kappa shape index (κ1) is 27.4. The molecule has 0 saturated carbocycles. The van der Waals surface area contributed by atoms with Crippen LogP contribution in [0, 0.1) is 11.3 Å². The molecule has 10 heteroatoms. The molecule has 0 radical (unpaired) electrons. The SMILES string of the molecule is COC1OC(CN/C=C(\N)CNC(=O)/C(C#N)=C/c2ccc3cc(N4CCCCC4)ccc3c2)C(O)C1O. The third kappa shape index (κ3) is 6.62. The molecule has 4 rings (SSSR count). The lowest BCUT2D eigenvalue weighted by atomic mass is 10.0. The largest absolute Gasteiger partial charge is 0.399 e. The number of rotatable bonds is 9. The lowest BCUT2D eigenvalue weighted by Gasteiger charge is -2.29. The highest BCUT2D eigenvalue weighted by Crippen LogP contribution is 2.26. The molecule has 1 amide bonds. The zero-order valence-electron chi connectivity index (χ0n) is 21.5. The van der Waals surface area contributed by atoms with Crippen molar-refractivity contribution in [2.24, 2.45) is 5.73 Å². The lowest BCUT2D eigenvalue weighted by molar-refractivity contribution is -0.147. The number of aliphatic hydroxyl groups excluding tert-OH is 2. The van der Waals surface area contributed by atoms with Gasteiger partial charge in [-0.25, -0.2) is 0 Å². The van der Waals surface area contributed by atoms with Gasteiger partial charge < -0.3 is 41.0 Å². The quantitative estimate of drug-likeness (QED) is 0.243. The highest BCUT2D eigenvalue weighted by atomic mass is 16.7. The van der Waals surface area contributed by atoms with Gasteiger partial charge in [0.1, 0.15) is 30.0 Å². The van der Waals surface area contributed by atoms with Gasteiger partial charge in [0, 0.05) is 44.3 Å². The van der Waals surface area contributed by atoms with Gasteiger partial charge in [-0.1, -0.05) is 18.2 Å². The Morgan fingerprint density at radius 2 is 1.92 bits per heavy atom. The van der Waals surface area contributed by atoms with Gasteiger partial charge in [-0.05, 0) is 59.9 Å². The third-order valence-electron chi connectivity index (χ3n) is 6.86. The van der Waals surface area contributed by atoms with Gasteiger partial charge in [0.15, 0.2) is 6.29 Å². The summed E-state index contributed by atoms with van der Waals surface area (Å²) in [5.74, 6) is -0.537. The second kappa shape index (κ2) is 12.8. The predicted molar refractivity (Wildman–Crippen MR) is 145 cm³/mol. The molecule has 202 valence electrons. The molecule has 2 aliphatic heterocycles. The number of methoxy groups -OCH3 is 1. The summed E-state index contributed by atoms with van der Waals surface area (Å²) in [5.41, 5.74) is 8.20. The van der Waals surface area contributed by atoms with E-state index in [0.29, 0.717) is 5.70 Å². The topological polar surface area (TPSA) is 153 Å². The summed E-state index contributed by atoms with van der Waals surface area (Å²) >= 11 is 0. The molecular weight excluding hydrogens is 486 g/mol. The van der Waals surface area contributed by atoms with Crippen LogP contribution in [-0.4, -0.2) is 74.0 Å². The molecule has 2 fully saturated rings. The molecular formula is C28H35N5O5. The molecule has 2 heterocycles. The van der Waals surface area contributed by atoms with E-state index in [1.165, 1.54) is 38.3 Å². The van der Waals surface area contributed by atoms with Crippen LogP contribution < -0.4 is 21.3 Å². The fourth-order valence-electron chi connectivity index (χ4n) is 4.72. The Hall–Kier alpha value is -3.62. The van der Waals surface area contributed by atoms with E-state index >= 15 is 0 Å². The predicted octanol–water partition coefficient (Wildman–Crippen LogP) is 1.34. The first-order valence-corrected chi connectivity index (χ1v) is 12.8. The molecule has 2 aromatic rings. The van der Waals surface area contributed by atoms with Crippen molar-refractivity contribution in [1.82, 2.24) is 10.6 Å². The van der Waals surface area contributed by atoms with Crippen molar-refractivity contribution in [3.8, 4) is 6.07 Å². The Kier molecular flexibility index (Phi) is 9.20. The molecule has 10 nitrogen and oxygen atoms in total. The number of nitrogens with zero attached hydrogens (tertiary/aromatic N) is 2. The van der Waals surface area contributed by atoms with Crippen molar-refractivity contribution in [2.45, 2.75) is 43.9 Å². The van der Waals surface area contributed by atoms with Gasteiger partial charge in [0.2, 0.25) is 0 Å². The van der Waals surface area contributed by atoms with Gasteiger partial charge in [-0.15, -0.1) is 0 Å². The monoisotopic (exact) mass is 521 g/mol. The van der Waals surface area contributed by atoms with E-state index in [2.05, 4.69) is 33.7 Å². The van der Waals surface area contributed by atoms with Crippen LogP contribution in [0.15, 0.2) is 53.9 Å². The molecule has 4 unspecified atom stereocenters. The fourth-order valence-corrected chi connectivity index (χ4v) is 4.72. The highest BCUT2D eigenvalue weighted by molar-refractivity contribution is 6.02. The van der Waals surface area contributed by atoms with Crippen molar-refractivity contribution < 1.29 is 24.5 Å². The van der Waals surface area contributed by atoms with Crippen molar-refractivity contribution in [2.75, 3.05) is 38.2 Å². The van der Waals surface area contributed by atoms with Gasteiger partial charge in [-0.3, -0.25) is 4.79 Å². The van der Waals surface area contributed by atoms with E-state index in [1.807, 2.05) is 24.3 Å². The first-order chi connectivity index (χ1) is 18.4. The van der Waals surface area contributed by atoms with E-state index in [4.69, 9.17) is 15.2 Å². The molecule has 4 atom stereocenters. The van der Waals surface area contributed by atoms with E-state index in [-0.39, 0.29) is 18.7 Å². The Labute approximate surface area is 222 Å². The maximum atomic E-state index is 12.6. The van der Waals surface area contributed by atoms with Crippen LogP contribution >= 0.6 is 0 Å². The summed E-state index contributed by atoms with van der Waals surface area (Å²) in [7, 11) is 1.38. The fraction of sp³-hybridized carbons (Fsp3) is 0.429. The van der Waals surface area contributed by atoms with Crippen LogP contribution in [0.5, 0.6) is 0 Å². The molecule has 2 aliphatic rings. The smallest absolute Gasteiger partial charge is 0.262 e. The molecule has 2 saturated heterocycles. The third-order valence-corrected chi connectivity index (χ3v) is 6.86. The number of fused-ring (bicyclic) bond motifs is 1. The minimum absolute atomic E-state index is 0.0131. The van der Waals surface area contributed by atoms with Gasteiger partial charge >= 0.3 is 0 Å². The average molecular weight is 522 g/mol. The van der Waals surface area contributed by atoms with Crippen LogP contribution in [0.1, 0.15) is 24.8 Å².